The van der Waals surface area contributed by atoms with E-state index < -0.39 is 9.84 Å². The molecule has 0 aromatic rings. The van der Waals surface area contributed by atoms with E-state index in [0.717, 1.165) is 26.0 Å². The van der Waals surface area contributed by atoms with Crippen molar-refractivity contribution in [1.29, 1.82) is 0 Å². The number of nitrogens with zero attached hydrogens (tertiary/aromatic N) is 1. The van der Waals surface area contributed by atoms with E-state index in [1.54, 1.807) is 7.11 Å². The third-order valence-electron chi connectivity index (χ3n) is 3.24. The summed E-state index contributed by atoms with van der Waals surface area (Å²) in [6, 6.07) is 1.03. The average molecular weight is 249 g/mol. The average Bonchev–Trinajstić information content (AvgIpc) is 2.48. The predicted molar refractivity (Wildman–Crippen MR) is 65.4 cm³/mol. The lowest BCUT2D eigenvalue weighted by Gasteiger charge is -2.27. The number of hydrogen-bond acceptors (Lipinski definition) is 4. The molecule has 1 fully saturated rings. The molecule has 4 nitrogen and oxygen atoms in total. The van der Waals surface area contributed by atoms with Crippen LogP contribution in [-0.4, -0.2) is 57.7 Å². The molecule has 0 N–H and O–H groups in total. The second-order valence-corrected chi connectivity index (χ2v) is 7.02. The SMILES string of the molecule is COC[C@H]1CCC(C)N1CCCS(C)(=O)=O. The Morgan fingerprint density at radius 1 is 1.38 bits per heavy atom. The fraction of sp³-hybridized carbons (Fsp3) is 1.00. The van der Waals surface area contributed by atoms with Crippen LogP contribution < -0.4 is 0 Å². The monoisotopic (exact) mass is 249 g/mol. The van der Waals surface area contributed by atoms with Crippen LogP contribution in [0.1, 0.15) is 26.2 Å². The Kier molecular flexibility index (Phi) is 5.21. The third kappa shape index (κ3) is 4.39. The first kappa shape index (κ1) is 13.9. The Balaban J connectivity index is 2.38. The molecule has 1 rings (SSSR count). The van der Waals surface area contributed by atoms with Crippen molar-refractivity contribution < 1.29 is 13.2 Å². The molecular formula is C11H23NO3S. The molecule has 1 saturated heterocycles. The molecule has 5 heteroatoms. The van der Waals surface area contributed by atoms with Crippen molar-refractivity contribution in [3.05, 3.63) is 0 Å². The fourth-order valence-corrected chi connectivity index (χ4v) is 3.06. The minimum atomic E-state index is -2.82. The van der Waals surface area contributed by atoms with Crippen molar-refractivity contribution in [3.63, 3.8) is 0 Å². The molecule has 16 heavy (non-hydrogen) atoms. The molecule has 2 atom stereocenters. The number of sulfone groups is 1. The van der Waals surface area contributed by atoms with Crippen LogP contribution in [0.3, 0.4) is 0 Å². The predicted octanol–water partition coefficient (Wildman–Crippen LogP) is 0.920. The lowest BCUT2D eigenvalue weighted by Crippen LogP contribution is -2.38. The van der Waals surface area contributed by atoms with Crippen molar-refractivity contribution >= 4 is 9.84 Å². The Hall–Kier alpha value is -0.130. The Morgan fingerprint density at radius 3 is 2.62 bits per heavy atom. The first-order valence-corrected chi connectivity index (χ1v) is 7.92. The smallest absolute Gasteiger partial charge is 0.147 e. The quantitative estimate of drug-likeness (QED) is 0.702. The second kappa shape index (κ2) is 5.98. The Morgan fingerprint density at radius 2 is 2.06 bits per heavy atom. The summed E-state index contributed by atoms with van der Waals surface area (Å²) in [4.78, 5) is 2.38. The van der Waals surface area contributed by atoms with Crippen molar-refractivity contribution in [2.45, 2.75) is 38.3 Å². The summed E-state index contributed by atoms with van der Waals surface area (Å²) in [5.41, 5.74) is 0. The van der Waals surface area contributed by atoms with Gasteiger partial charge in [0.15, 0.2) is 0 Å². The van der Waals surface area contributed by atoms with Crippen LogP contribution >= 0.6 is 0 Å². The molecule has 1 aliphatic rings. The molecule has 96 valence electrons. The topological polar surface area (TPSA) is 46.6 Å². The summed E-state index contributed by atoms with van der Waals surface area (Å²) in [5, 5.41) is 0. The van der Waals surface area contributed by atoms with Gasteiger partial charge in [-0.1, -0.05) is 0 Å². The Bertz CT molecular complexity index is 300. The highest BCUT2D eigenvalue weighted by atomic mass is 32.2. The third-order valence-corrected chi connectivity index (χ3v) is 4.27. The lowest BCUT2D eigenvalue weighted by molar-refractivity contribution is 0.100. The zero-order chi connectivity index (χ0) is 12.2. The maximum absolute atomic E-state index is 11.1. The van der Waals surface area contributed by atoms with E-state index in [4.69, 9.17) is 4.74 Å². The molecule has 1 aliphatic heterocycles. The van der Waals surface area contributed by atoms with Crippen LogP contribution in [0.25, 0.3) is 0 Å². The van der Waals surface area contributed by atoms with E-state index in [0.29, 0.717) is 12.1 Å². The summed E-state index contributed by atoms with van der Waals surface area (Å²) >= 11 is 0. The van der Waals surface area contributed by atoms with Gasteiger partial charge >= 0.3 is 0 Å². The highest BCUT2D eigenvalue weighted by molar-refractivity contribution is 7.90. The van der Waals surface area contributed by atoms with Crippen molar-refractivity contribution in [1.82, 2.24) is 4.90 Å². The Labute approximate surface area is 98.9 Å². The van der Waals surface area contributed by atoms with Crippen LogP contribution in [0.4, 0.5) is 0 Å². The molecule has 0 aromatic heterocycles. The molecule has 1 heterocycles. The standard InChI is InChI=1S/C11H23NO3S/c1-10-5-6-11(9-15-2)12(10)7-4-8-16(3,13)14/h10-11H,4-9H2,1-3H3/t10?,11-/m1/s1. The van der Waals surface area contributed by atoms with Crippen molar-refractivity contribution in [3.8, 4) is 0 Å². The van der Waals surface area contributed by atoms with E-state index in [1.165, 1.54) is 12.7 Å². The first-order valence-electron chi connectivity index (χ1n) is 5.86. The summed E-state index contributed by atoms with van der Waals surface area (Å²) < 4.78 is 27.3. The molecule has 0 spiro atoms. The van der Waals surface area contributed by atoms with Gasteiger partial charge in [0.2, 0.25) is 0 Å². The summed E-state index contributed by atoms with van der Waals surface area (Å²) in [5.74, 6) is 0.288. The van der Waals surface area contributed by atoms with Gasteiger partial charge in [-0.25, -0.2) is 8.42 Å². The first-order chi connectivity index (χ1) is 7.44. The van der Waals surface area contributed by atoms with Gasteiger partial charge < -0.3 is 4.74 Å². The van der Waals surface area contributed by atoms with Gasteiger partial charge in [0.1, 0.15) is 9.84 Å². The van der Waals surface area contributed by atoms with Gasteiger partial charge in [-0.2, -0.15) is 0 Å². The minimum absolute atomic E-state index is 0.288. The molecule has 0 radical (unpaired) electrons. The van der Waals surface area contributed by atoms with E-state index in [9.17, 15) is 8.42 Å². The molecular weight excluding hydrogens is 226 g/mol. The number of ether oxygens (including phenoxy) is 1. The van der Waals surface area contributed by atoms with Crippen molar-refractivity contribution in [2.24, 2.45) is 0 Å². The largest absolute Gasteiger partial charge is 0.383 e. The fourth-order valence-electron chi connectivity index (χ4n) is 2.41. The second-order valence-electron chi connectivity index (χ2n) is 4.76. The van der Waals surface area contributed by atoms with Gasteiger partial charge in [0, 0.05) is 25.4 Å². The lowest BCUT2D eigenvalue weighted by atomic mass is 10.2. The summed E-state index contributed by atoms with van der Waals surface area (Å²) in [6.07, 6.45) is 4.37. The van der Waals surface area contributed by atoms with E-state index in [-0.39, 0.29) is 5.75 Å². The highest BCUT2D eigenvalue weighted by Crippen LogP contribution is 2.24. The van der Waals surface area contributed by atoms with Crippen LogP contribution in [0.2, 0.25) is 0 Å². The van der Waals surface area contributed by atoms with E-state index >= 15 is 0 Å². The number of rotatable bonds is 6. The van der Waals surface area contributed by atoms with Crippen molar-refractivity contribution in [2.75, 3.05) is 32.3 Å². The molecule has 0 aromatic carbocycles. The van der Waals surface area contributed by atoms with Gasteiger partial charge in [0.05, 0.1) is 12.4 Å². The van der Waals surface area contributed by atoms with Crippen LogP contribution in [-0.2, 0) is 14.6 Å². The van der Waals surface area contributed by atoms with Gasteiger partial charge in [0.25, 0.3) is 0 Å². The van der Waals surface area contributed by atoms with Crippen LogP contribution in [0.15, 0.2) is 0 Å². The summed E-state index contributed by atoms with van der Waals surface area (Å²) in [6.45, 7) is 3.82. The summed E-state index contributed by atoms with van der Waals surface area (Å²) in [7, 11) is -1.10. The van der Waals surface area contributed by atoms with Gasteiger partial charge in [-0.15, -0.1) is 0 Å². The van der Waals surface area contributed by atoms with E-state index in [1.807, 2.05) is 0 Å². The normalized spacial score (nSPS) is 27.4. The molecule has 0 amide bonds. The van der Waals surface area contributed by atoms with Crippen LogP contribution in [0.5, 0.6) is 0 Å². The van der Waals surface area contributed by atoms with Gasteiger partial charge in [-0.05, 0) is 32.7 Å². The maximum atomic E-state index is 11.1. The number of hydrogen-bond donors (Lipinski definition) is 0. The zero-order valence-corrected chi connectivity index (χ0v) is 11.3. The van der Waals surface area contributed by atoms with Gasteiger partial charge in [-0.3, -0.25) is 4.90 Å². The molecule has 0 bridgehead atoms. The minimum Gasteiger partial charge on any atom is -0.383 e. The molecule has 0 aliphatic carbocycles. The maximum Gasteiger partial charge on any atom is 0.147 e. The highest BCUT2D eigenvalue weighted by Gasteiger charge is 2.29. The number of methoxy groups -OCH3 is 1. The molecule has 1 unspecified atom stereocenters. The molecule has 0 saturated carbocycles. The van der Waals surface area contributed by atoms with Crippen LogP contribution in [0, 0.1) is 0 Å². The zero-order valence-electron chi connectivity index (χ0n) is 10.5. The van der Waals surface area contributed by atoms with E-state index in [2.05, 4.69) is 11.8 Å². The number of likely N-dealkylation sites (tertiary alicyclic amines) is 1.